The number of aryl methyl sites for hydroxylation is 2. The van der Waals surface area contributed by atoms with Gasteiger partial charge in [0.15, 0.2) is 12.4 Å². The molecule has 2 aromatic rings. The number of esters is 1. The Labute approximate surface area is 168 Å². The van der Waals surface area contributed by atoms with Gasteiger partial charge in [0, 0.05) is 16.5 Å². The highest BCUT2D eigenvalue weighted by molar-refractivity contribution is 7.92. The average molecular weight is 420 g/mol. The largest absolute Gasteiger partial charge is 0.453 e. The van der Waals surface area contributed by atoms with Gasteiger partial charge in [0.05, 0.1) is 11.9 Å². The summed E-state index contributed by atoms with van der Waals surface area (Å²) in [5.41, 5.74) is 3.05. The minimum Gasteiger partial charge on any atom is -0.453 e. The predicted octanol–water partition coefficient (Wildman–Crippen LogP) is 2.99. The van der Waals surface area contributed by atoms with Gasteiger partial charge in [-0.2, -0.15) is 0 Å². The zero-order chi connectivity index (χ0) is 20.1. The topological polar surface area (TPSA) is 80.8 Å². The van der Waals surface area contributed by atoms with Gasteiger partial charge in [0.2, 0.25) is 10.0 Å². The number of carbonyl (C=O) groups excluding carboxylic acids is 2. The molecule has 6 nitrogen and oxygen atoms in total. The Bertz CT molecular complexity index is 1050. The van der Waals surface area contributed by atoms with Crippen LogP contribution < -0.4 is 4.31 Å². The first-order chi connectivity index (χ1) is 13.2. The molecule has 0 amide bonds. The molecule has 0 bridgehead atoms. The van der Waals surface area contributed by atoms with Crippen LogP contribution in [0, 0.1) is 0 Å². The van der Waals surface area contributed by atoms with Crippen molar-refractivity contribution in [2.45, 2.75) is 38.6 Å². The molecule has 8 heteroatoms. The van der Waals surface area contributed by atoms with E-state index in [0.29, 0.717) is 22.5 Å². The number of ketones is 1. The van der Waals surface area contributed by atoms with Crippen LogP contribution in [-0.4, -0.2) is 39.1 Å². The molecule has 4 rings (SSSR count). The summed E-state index contributed by atoms with van der Waals surface area (Å²) in [4.78, 5) is 26.5. The van der Waals surface area contributed by atoms with E-state index in [1.165, 1.54) is 32.3 Å². The number of nitrogens with zero attached hydrogens (tertiary/aromatic N) is 1. The highest BCUT2D eigenvalue weighted by Crippen LogP contribution is 2.35. The first kappa shape index (κ1) is 19.1. The lowest BCUT2D eigenvalue weighted by molar-refractivity contribution is 0.0479. The van der Waals surface area contributed by atoms with Gasteiger partial charge in [0.1, 0.15) is 4.88 Å². The lowest BCUT2D eigenvalue weighted by atomic mass is 10.0. The summed E-state index contributed by atoms with van der Waals surface area (Å²) in [6.45, 7) is 1.51. The summed E-state index contributed by atoms with van der Waals surface area (Å²) in [5.74, 6) is -0.767. The first-order valence-corrected chi connectivity index (χ1v) is 11.8. The maximum Gasteiger partial charge on any atom is 0.348 e. The predicted molar refractivity (Wildman–Crippen MR) is 108 cm³/mol. The molecule has 1 aromatic carbocycles. The molecule has 0 fully saturated rings. The molecule has 1 atom stereocenters. The molecule has 1 aromatic heterocycles. The summed E-state index contributed by atoms with van der Waals surface area (Å²) in [7, 11) is -3.37. The van der Waals surface area contributed by atoms with Crippen molar-refractivity contribution in [3.8, 4) is 0 Å². The van der Waals surface area contributed by atoms with E-state index >= 15 is 0 Å². The lowest BCUT2D eigenvalue weighted by Crippen LogP contribution is -2.34. The zero-order valence-corrected chi connectivity index (χ0v) is 17.4. The third-order valence-corrected chi connectivity index (χ3v) is 7.68. The van der Waals surface area contributed by atoms with Crippen LogP contribution in [0.2, 0.25) is 0 Å². The van der Waals surface area contributed by atoms with Crippen molar-refractivity contribution in [2.24, 2.45) is 0 Å². The molecule has 1 aliphatic carbocycles. The fourth-order valence-corrected chi connectivity index (χ4v) is 6.41. The van der Waals surface area contributed by atoms with E-state index < -0.39 is 16.0 Å². The third kappa shape index (κ3) is 3.46. The van der Waals surface area contributed by atoms with Crippen LogP contribution in [0.1, 0.15) is 49.4 Å². The molecular weight excluding hydrogens is 398 g/mol. The molecule has 0 unspecified atom stereocenters. The smallest absolute Gasteiger partial charge is 0.348 e. The minimum atomic E-state index is -3.37. The van der Waals surface area contributed by atoms with Crippen molar-refractivity contribution in [3.63, 3.8) is 0 Å². The number of benzene rings is 1. The van der Waals surface area contributed by atoms with Crippen molar-refractivity contribution >= 4 is 38.8 Å². The second kappa shape index (κ2) is 7.00. The van der Waals surface area contributed by atoms with E-state index in [2.05, 4.69) is 0 Å². The Morgan fingerprint density at radius 2 is 2.00 bits per heavy atom. The van der Waals surface area contributed by atoms with Gasteiger partial charge < -0.3 is 4.74 Å². The number of ether oxygens (including phenoxy) is 1. The second-order valence-corrected chi connectivity index (χ2v) is 10.4. The summed E-state index contributed by atoms with van der Waals surface area (Å²) in [5, 5.41) is 0. The Morgan fingerprint density at radius 3 is 2.71 bits per heavy atom. The van der Waals surface area contributed by atoms with E-state index in [1.54, 1.807) is 18.2 Å². The molecule has 0 N–H and O–H groups in total. The van der Waals surface area contributed by atoms with Crippen LogP contribution in [0.15, 0.2) is 24.3 Å². The standard InChI is InChI=1S/C20H21NO5S2/c1-12-8-15-9-13(6-7-16(15)21(12)28(2,24)25)17(22)11-26-20(23)19-10-14-4-3-5-18(14)27-19/h6-7,9-10,12H,3-5,8,11H2,1-2H3/t12-/m0/s1. The fraction of sp³-hybridized carbons (Fsp3) is 0.400. The maximum absolute atomic E-state index is 12.5. The summed E-state index contributed by atoms with van der Waals surface area (Å²) >= 11 is 1.45. The number of anilines is 1. The lowest BCUT2D eigenvalue weighted by Gasteiger charge is -2.21. The number of carbonyl (C=O) groups is 2. The minimum absolute atomic E-state index is 0.186. The number of Topliss-reactive ketones (excluding diaryl/α,β-unsaturated/α-hetero) is 1. The molecule has 2 aliphatic rings. The first-order valence-electron chi connectivity index (χ1n) is 9.18. The molecule has 28 heavy (non-hydrogen) atoms. The Morgan fingerprint density at radius 1 is 1.21 bits per heavy atom. The van der Waals surface area contributed by atoms with Crippen LogP contribution in [0.5, 0.6) is 0 Å². The average Bonchev–Trinajstić information content (AvgIpc) is 3.29. The van der Waals surface area contributed by atoms with Gasteiger partial charge >= 0.3 is 5.97 Å². The van der Waals surface area contributed by atoms with Crippen LogP contribution >= 0.6 is 11.3 Å². The summed E-state index contributed by atoms with van der Waals surface area (Å²) in [6, 6.07) is 6.63. The monoisotopic (exact) mass is 419 g/mol. The Kier molecular flexibility index (Phi) is 4.79. The molecule has 1 aliphatic heterocycles. The molecule has 2 heterocycles. The number of sulfonamides is 1. The molecule has 0 saturated heterocycles. The molecule has 0 spiro atoms. The number of thiophene rings is 1. The van der Waals surface area contributed by atoms with Crippen molar-refractivity contribution in [1.82, 2.24) is 0 Å². The van der Waals surface area contributed by atoms with Gasteiger partial charge in [-0.05, 0) is 68.0 Å². The quantitative estimate of drug-likeness (QED) is 0.550. The highest BCUT2D eigenvalue weighted by Gasteiger charge is 2.32. The summed E-state index contributed by atoms with van der Waals surface area (Å²) < 4.78 is 30.6. The number of rotatable bonds is 5. The Balaban J connectivity index is 1.44. The molecule has 0 saturated carbocycles. The number of hydrogen-bond donors (Lipinski definition) is 0. The van der Waals surface area contributed by atoms with E-state index in [-0.39, 0.29) is 18.4 Å². The maximum atomic E-state index is 12.5. The zero-order valence-electron chi connectivity index (χ0n) is 15.7. The number of fused-ring (bicyclic) bond motifs is 2. The van der Waals surface area contributed by atoms with Crippen LogP contribution in [0.25, 0.3) is 0 Å². The van der Waals surface area contributed by atoms with Crippen molar-refractivity contribution in [3.05, 3.63) is 50.7 Å². The normalized spacial score (nSPS) is 18.1. The van der Waals surface area contributed by atoms with Crippen molar-refractivity contribution in [2.75, 3.05) is 17.2 Å². The second-order valence-electron chi connectivity index (χ2n) is 7.37. The molecule has 0 radical (unpaired) electrons. The van der Waals surface area contributed by atoms with Gasteiger partial charge in [0.25, 0.3) is 0 Å². The number of hydrogen-bond acceptors (Lipinski definition) is 6. The fourth-order valence-electron chi connectivity index (χ4n) is 4.00. The van der Waals surface area contributed by atoms with E-state index in [9.17, 15) is 18.0 Å². The third-order valence-electron chi connectivity index (χ3n) is 5.19. The van der Waals surface area contributed by atoms with E-state index in [4.69, 9.17) is 4.74 Å². The SMILES string of the molecule is C[C@H]1Cc2cc(C(=O)COC(=O)c3cc4c(s3)CCC4)ccc2N1S(C)(=O)=O. The van der Waals surface area contributed by atoms with Crippen molar-refractivity contribution < 1.29 is 22.7 Å². The van der Waals surface area contributed by atoms with Gasteiger partial charge in [-0.1, -0.05) is 0 Å². The Hall–Kier alpha value is -2.19. The van der Waals surface area contributed by atoms with Crippen LogP contribution in [0.4, 0.5) is 5.69 Å². The van der Waals surface area contributed by atoms with Gasteiger partial charge in [-0.3, -0.25) is 9.10 Å². The van der Waals surface area contributed by atoms with Crippen LogP contribution in [-0.2, 0) is 34.0 Å². The van der Waals surface area contributed by atoms with E-state index in [1.807, 2.05) is 13.0 Å². The van der Waals surface area contributed by atoms with Gasteiger partial charge in [-0.15, -0.1) is 11.3 Å². The molecular formula is C20H21NO5S2. The van der Waals surface area contributed by atoms with Crippen molar-refractivity contribution in [1.29, 1.82) is 0 Å². The highest BCUT2D eigenvalue weighted by atomic mass is 32.2. The van der Waals surface area contributed by atoms with Gasteiger partial charge in [-0.25, -0.2) is 13.2 Å². The van der Waals surface area contributed by atoms with Crippen LogP contribution in [0.3, 0.4) is 0 Å². The molecule has 148 valence electrons. The van der Waals surface area contributed by atoms with E-state index in [0.717, 1.165) is 24.8 Å². The summed E-state index contributed by atoms with van der Waals surface area (Å²) in [6.07, 6.45) is 4.85.